The molecule has 0 fully saturated rings. The van der Waals surface area contributed by atoms with Gasteiger partial charge >= 0.3 is 0 Å². The number of benzene rings is 9. The van der Waals surface area contributed by atoms with E-state index in [-0.39, 0.29) is 0 Å². The van der Waals surface area contributed by atoms with Crippen molar-refractivity contribution in [2.45, 2.75) is 0 Å². The maximum Gasteiger partial charge on any atom is 0.164 e. The van der Waals surface area contributed by atoms with E-state index in [2.05, 4.69) is 152 Å². The molecule has 11 rings (SSSR count). The lowest BCUT2D eigenvalue weighted by Gasteiger charge is -2.10. The van der Waals surface area contributed by atoms with E-state index in [1.165, 1.54) is 27.6 Å². The van der Waals surface area contributed by atoms with Gasteiger partial charge in [-0.3, -0.25) is 0 Å². The van der Waals surface area contributed by atoms with E-state index >= 15 is 0 Å². The molecular weight excluding hydrogens is 719 g/mol. The fourth-order valence-corrected chi connectivity index (χ4v) is 8.14. The second-order valence-corrected chi connectivity index (χ2v) is 14.8. The summed E-state index contributed by atoms with van der Waals surface area (Å²) in [4.78, 5) is 14.7. The molecule has 0 aliphatic carbocycles. The van der Waals surface area contributed by atoms with Gasteiger partial charge in [-0.2, -0.15) is 0 Å². The Kier molecular flexibility index (Phi) is 8.45. The zero-order chi connectivity index (χ0) is 39.1. The Morgan fingerprint density at radius 3 is 1.27 bits per heavy atom. The Labute approximate surface area is 341 Å². The first-order chi connectivity index (χ1) is 29.2. The summed E-state index contributed by atoms with van der Waals surface area (Å²) in [5, 5.41) is 4.50. The van der Waals surface area contributed by atoms with Gasteiger partial charge in [0.25, 0.3) is 0 Å². The molecule has 11 aromatic rings. The number of rotatable bonds is 7. The van der Waals surface area contributed by atoms with Crippen molar-refractivity contribution in [2.24, 2.45) is 0 Å². The normalized spacial score (nSPS) is 11.4. The molecule has 0 N–H and O–H groups in total. The third-order valence-corrected chi connectivity index (χ3v) is 11.1. The Hall–Kier alpha value is -7.95. The van der Waals surface area contributed by atoms with Crippen LogP contribution in [0.4, 0.5) is 0 Å². The molecule has 0 unspecified atom stereocenters. The molecule has 4 heteroatoms. The molecule has 276 valence electrons. The summed E-state index contributed by atoms with van der Waals surface area (Å²) < 4.78 is 6.74. The van der Waals surface area contributed by atoms with E-state index in [4.69, 9.17) is 19.4 Å². The Morgan fingerprint density at radius 2 is 0.661 bits per heavy atom. The van der Waals surface area contributed by atoms with Gasteiger partial charge < -0.3 is 4.42 Å². The van der Waals surface area contributed by atoms with Crippen molar-refractivity contribution in [1.82, 2.24) is 15.0 Å². The van der Waals surface area contributed by atoms with E-state index < -0.39 is 0 Å². The number of hydrogen-bond acceptors (Lipinski definition) is 4. The summed E-state index contributed by atoms with van der Waals surface area (Å²) in [5.74, 6) is 1.93. The van der Waals surface area contributed by atoms with E-state index in [9.17, 15) is 0 Å². The number of fused-ring (bicyclic) bond motifs is 5. The second-order valence-electron chi connectivity index (χ2n) is 14.8. The largest absolute Gasteiger partial charge is 0.455 e. The number of nitrogens with zero attached hydrogens (tertiary/aromatic N) is 3. The van der Waals surface area contributed by atoms with Gasteiger partial charge in [0.1, 0.15) is 11.2 Å². The van der Waals surface area contributed by atoms with Gasteiger partial charge in [-0.25, -0.2) is 15.0 Å². The fourth-order valence-electron chi connectivity index (χ4n) is 8.14. The highest BCUT2D eigenvalue weighted by atomic mass is 16.3. The smallest absolute Gasteiger partial charge is 0.164 e. The molecule has 2 heterocycles. The van der Waals surface area contributed by atoms with Gasteiger partial charge in [0.05, 0.1) is 0 Å². The van der Waals surface area contributed by atoms with Crippen molar-refractivity contribution < 1.29 is 4.42 Å². The number of hydrogen-bond donors (Lipinski definition) is 0. The second kappa shape index (κ2) is 14.5. The monoisotopic (exact) mass is 753 g/mol. The molecule has 0 saturated heterocycles. The zero-order valence-electron chi connectivity index (χ0n) is 32.0. The first-order valence-corrected chi connectivity index (χ1v) is 19.8. The Balaban J connectivity index is 0.937. The van der Waals surface area contributed by atoms with Crippen LogP contribution < -0.4 is 0 Å². The van der Waals surface area contributed by atoms with Gasteiger partial charge in [0.2, 0.25) is 0 Å². The molecule has 0 aliphatic rings. The molecule has 0 bridgehead atoms. The van der Waals surface area contributed by atoms with Crippen molar-refractivity contribution in [3.8, 4) is 78.7 Å². The molecule has 0 aliphatic heterocycles. The highest BCUT2D eigenvalue weighted by Crippen LogP contribution is 2.42. The minimum absolute atomic E-state index is 0.637. The van der Waals surface area contributed by atoms with E-state index in [1.54, 1.807) is 0 Å². The number of furan rings is 1. The first kappa shape index (κ1) is 34.3. The first-order valence-electron chi connectivity index (χ1n) is 19.8. The van der Waals surface area contributed by atoms with E-state index in [0.717, 1.165) is 66.3 Å². The fraction of sp³-hybridized carbons (Fsp3) is 0. The average Bonchev–Trinajstić information content (AvgIpc) is 3.70. The number of aromatic nitrogens is 3. The topological polar surface area (TPSA) is 51.8 Å². The lowest BCUT2D eigenvalue weighted by Crippen LogP contribution is -2.00. The third kappa shape index (κ3) is 6.43. The molecule has 4 nitrogen and oxygen atoms in total. The van der Waals surface area contributed by atoms with Crippen LogP contribution in [0.5, 0.6) is 0 Å². The van der Waals surface area contributed by atoms with Crippen molar-refractivity contribution in [3.63, 3.8) is 0 Å². The van der Waals surface area contributed by atoms with Crippen molar-refractivity contribution in [1.29, 1.82) is 0 Å². The standard InChI is InChI=1S/C55H35N3O/c1-4-14-36(15-5-1)42-21-13-23-45(33-42)49-35-50-47-31-30-44(34-51(47)59-52(50)48-25-11-10-24-46(48)49)43-22-12-20-41(32-43)37-26-28-40(29-27-37)55-57-53(38-16-6-2-7-17-38)56-54(58-55)39-18-8-3-9-19-39/h1-35H. The van der Waals surface area contributed by atoms with Crippen LogP contribution in [-0.4, -0.2) is 15.0 Å². The quantitative estimate of drug-likeness (QED) is 0.163. The molecule has 0 saturated carbocycles. The minimum atomic E-state index is 0.637. The summed E-state index contributed by atoms with van der Waals surface area (Å²) >= 11 is 0. The van der Waals surface area contributed by atoms with E-state index in [1.807, 2.05) is 60.7 Å². The summed E-state index contributed by atoms with van der Waals surface area (Å²) in [7, 11) is 0. The maximum absolute atomic E-state index is 6.74. The van der Waals surface area contributed by atoms with Crippen molar-refractivity contribution in [2.75, 3.05) is 0 Å². The molecule has 0 amide bonds. The lowest BCUT2D eigenvalue weighted by molar-refractivity contribution is 0.673. The molecule has 9 aromatic carbocycles. The van der Waals surface area contributed by atoms with Crippen LogP contribution in [0.3, 0.4) is 0 Å². The van der Waals surface area contributed by atoms with Crippen LogP contribution in [0, 0.1) is 0 Å². The molecule has 59 heavy (non-hydrogen) atoms. The Bertz CT molecular complexity index is 3240. The molecule has 0 radical (unpaired) electrons. The van der Waals surface area contributed by atoms with Gasteiger partial charge in [0, 0.05) is 32.8 Å². The average molecular weight is 754 g/mol. The highest BCUT2D eigenvalue weighted by Gasteiger charge is 2.17. The minimum Gasteiger partial charge on any atom is -0.455 e. The third-order valence-electron chi connectivity index (χ3n) is 11.1. The van der Waals surface area contributed by atoms with Crippen LogP contribution in [0.1, 0.15) is 0 Å². The SMILES string of the molecule is c1ccc(-c2cccc(-c3cc4c5ccc(-c6cccc(-c7ccc(-c8nc(-c9ccccc9)nc(-c9ccccc9)n8)cc7)c6)cc5oc4c4ccccc34)c2)cc1. The predicted molar refractivity (Wildman–Crippen MR) is 243 cm³/mol. The summed E-state index contributed by atoms with van der Waals surface area (Å²) in [6, 6.07) is 74.1. The molecule has 2 aromatic heterocycles. The highest BCUT2D eigenvalue weighted by molar-refractivity contribution is 6.19. The summed E-state index contributed by atoms with van der Waals surface area (Å²) in [6.07, 6.45) is 0. The van der Waals surface area contributed by atoms with Crippen LogP contribution in [0.2, 0.25) is 0 Å². The van der Waals surface area contributed by atoms with Gasteiger partial charge in [-0.1, -0.05) is 182 Å². The summed E-state index contributed by atoms with van der Waals surface area (Å²) in [6.45, 7) is 0. The van der Waals surface area contributed by atoms with Crippen LogP contribution >= 0.6 is 0 Å². The van der Waals surface area contributed by atoms with E-state index in [0.29, 0.717) is 17.5 Å². The van der Waals surface area contributed by atoms with Gasteiger partial charge in [0.15, 0.2) is 17.5 Å². The van der Waals surface area contributed by atoms with Crippen molar-refractivity contribution >= 4 is 32.7 Å². The maximum atomic E-state index is 6.74. The Morgan fingerprint density at radius 1 is 0.254 bits per heavy atom. The van der Waals surface area contributed by atoms with Gasteiger partial charge in [-0.15, -0.1) is 0 Å². The summed E-state index contributed by atoms with van der Waals surface area (Å²) in [5.41, 5.74) is 13.8. The van der Waals surface area contributed by atoms with Gasteiger partial charge in [-0.05, 0) is 80.2 Å². The van der Waals surface area contributed by atoms with Crippen molar-refractivity contribution in [3.05, 3.63) is 212 Å². The van der Waals surface area contributed by atoms with Crippen LogP contribution in [0.25, 0.3) is 111 Å². The van der Waals surface area contributed by atoms with Crippen LogP contribution in [-0.2, 0) is 0 Å². The molecule has 0 atom stereocenters. The molecular formula is C55H35N3O. The predicted octanol–water partition coefficient (Wildman–Crippen LogP) is 14.6. The zero-order valence-corrected chi connectivity index (χ0v) is 32.0. The molecule has 0 spiro atoms. The lowest BCUT2D eigenvalue weighted by atomic mass is 9.93. The van der Waals surface area contributed by atoms with Crippen LogP contribution in [0.15, 0.2) is 217 Å².